The second kappa shape index (κ2) is 6.21. The number of hydrogen-bond acceptors (Lipinski definition) is 1. The number of aryl methyl sites for hydroxylation is 1. The predicted molar refractivity (Wildman–Crippen MR) is 83.9 cm³/mol. The van der Waals surface area contributed by atoms with Crippen LogP contribution in [-0.2, 0) is 11.2 Å². The van der Waals surface area contributed by atoms with E-state index in [0.717, 1.165) is 32.1 Å². The Bertz CT molecular complexity index is 594. The maximum absolute atomic E-state index is 12.1. The Balaban J connectivity index is 1.75. The van der Waals surface area contributed by atoms with Crippen molar-refractivity contribution < 1.29 is 4.79 Å². The van der Waals surface area contributed by atoms with E-state index in [4.69, 9.17) is 0 Å². The molecule has 1 atom stereocenters. The van der Waals surface area contributed by atoms with Crippen LogP contribution < -0.4 is 0 Å². The Labute approximate surface area is 121 Å². The van der Waals surface area contributed by atoms with Crippen LogP contribution in [0, 0.1) is 5.92 Å². The van der Waals surface area contributed by atoms with Crippen LogP contribution in [0.2, 0.25) is 0 Å². The van der Waals surface area contributed by atoms with E-state index in [9.17, 15) is 4.79 Å². The molecular weight excluding hydrogens is 244 g/mol. The first-order valence-electron chi connectivity index (χ1n) is 7.84. The van der Waals surface area contributed by atoms with Gasteiger partial charge in [-0.3, -0.25) is 4.79 Å². The maximum atomic E-state index is 12.1. The number of Topliss-reactive ketones (excluding diaryl/α,β-unsaturated/α-hetero) is 1. The van der Waals surface area contributed by atoms with Crippen LogP contribution >= 0.6 is 0 Å². The average Bonchev–Trinajstić information content (AvgIpc) is 2.69. The summed E-state index contributed by atoms with van der Waals surface area (Å²) in [5.41, 5.74) is 1.39. The first-order chi connectivity index (χ1) is 9.84. The number of hydrogen-bond donors (Lipinski definition) is 0. The van der Waals surface area contributed by atoms with Crippen molar-refractivity contribution in [3.05, 3.63) is 48.0 Å². The van der Waals surface area contributed by atoms with Crippen LogP contribution in [0.4, 0.5) is 0 Å². The standard InChI is InChI=1S/C19H22O/c20-19-12-3-1-2-8-17(19)14-13-16-10-6-9-15-7-4-5-11-18(15)16/h4-7,9-11,17H,1-3,8,12-14H2. The van der Waals surface area contributed by atoms with Crippen LogP contribution in [0.25, 0.3) is 10.8 Å². The Morgan fingerprint density at radius 1 is 0.950 bits per heavy atom. The van der Waals surface area contributed by atoms with Gasteiger partial charge in [0.1, 0.15) is 5.78 Å². The third kappa shape index (κ3) is 2.92. The third-order valence-corrected chi connectivity index (χ3v) is 4.57. The molecule has 0 radical (unpaired) electrons. The van der Waals surface area contributed by atoms with Gasteiger partial charge in [-0.25, -0.2) is 0 Å². The zero-order valence-corrected chi connectivity index (χ0v) is 12.0. The number of benzene rings is 2. The van der Waals surface area contributed by atoms with Crippen molar-refractivity contribution in [2.24, 2.45) is 5.92 Å². The fraction of sp³-hybridized carbons (Fsp3) is 0.421. The summed E-state index contributed by atoms with van der Waals surface area (Å²) in [6, 6.07) is 15.0. The van der Waals surface area contributed by atoms with Crippen molar-refractivity contribution in [1.82, 2.24) is 0 Å². The zero-order chi connectivity index (χ0) is 13.8. The monoisotopic (exact) mass is 266 g/mol. The van der Waals surface area contributed by atoms with Crippen molar-refractivity contribution in [3.8, 4) is 0 Å². The molecule has 0 aromatic heterocycles. The van der Waals surface area contributed by atoms with E-state index in [-0.39, 0.29) is 0 Å². The largest absolute Gasteiger partial charge is 0.299 e. The van der Waals surface area contributed by atoms with Gasteiger partial charge in [-0.1, -0.05) is 55.3 Å². The van der Waals surface area contributed by atoms with Gasteiger partial charge in [0.05, 0.1) is 0 Å². The van der Waals surface area contributed by atoms with E-state index < -0.39 is 0 Å². The smallest absolute Gasteiger partial charge is 0.135 e. The summed E-state index contributed by atoms with van der Waals surface area (Å²) < 4.78 is 0. The van der Waals surface area contributed by atoms with E-state index in [2.05, 4.69) is 42.5 Å². The molecule has 1 nitrogen and oxygen atoms in total. The van der Waals surface area contributed by atoms with Gasteiger partial charge in [-0.15, -0.1) is 0 Å². The number of rotatable bonds is 3. The number of ketones is 1. The molecule has 0 saturated heterocycles. The van der Waals surface area contributed by atoms with Crippen LogP contribution in [-0.4, -0.2) is 5.78 Å². The molecule has 0 amide bonds. The highest BCUT2D eigenvalue weighted by Gasteiger charge is 2.20. The van der Waals surface area contributed by atoms with Gasteiger partial charge in [0.2, 0.25) is 0 Å². The lowest BCUT2D eigenvalue weighted by Gasteiger charge is -2.13. The fourth-order valence-corrected chi connectivity index (χ4v) is 3.38. The molecule has 1 fully saturated rings. The summed E-state index contributed by atoms with van der Waals surface area (Å²) in [4.78, 5) is 12.1. The minimum absolute atomic E-state index is 0.302. The van der Waals surface area contributed by atoms with Crippen molar-refractivity contribution in [2.75, 3.05) is 0 Å². The molecule has 2 aromatic rings. The summed E-state index contributed by atoms with van der Waals surface area (Å²) in [6.45, 7) is 0. The summed E-state index contributed by atoms with van der Waals surface area (Å²) in [7, 11) is 0. The second-order valence-corrected chi connectivity index (χ2v) is 5.94. The lowest BCUT2D eigenvalue weighted by atomic mass is 9.90. The lowest BCUT2D eigenvalue weighted by Crippen LogP contribution is -2.13. The highest BCUT2D eigenvalue weighted by molar-refractivity contribution is 5.86. The first kappa shape index (κ1) is 13.4. The number of fused-ring (bicyclic) bond motifs is 1. The van der Waals surface area contributed by atoms with Gasteiger partial charge < -0.3 is 0 Å². The highest BCUT2D eigenvalue weighted by Crippen LogP contribution is 2.26. The Morgan fingerprint density at radius 2 is 1.80 bits per heavy atom. The van der Waals surface area contributed by atoms with Gasteiger partial charge in [0.25, 0.3) is 0 Å². The van der Waals surface area contributed by atoms with Gasteiger partial charge in [-0.05, 0) is 42.0 Å². The molecule has 20 heavy (non-hydrogen) atoms. The Morgan fingerprint density at radius 3 is 2.75 bits per heavy atom. The van der Waals surface area contributed by atoms with Crippen molar-refractivity contribution in [1.29, 1.82) is 0 Å². The molecule has 3 rings (SSSR count). The molecule has 1 unspecified atom stereocenters. The molecule has 1 saturated carbocycles. The Kier molecular flexibility index (Phi) is 4.15. The highest BCUT2D eigenvalue weighted by atomic mass is 16.1. The van der Waals surface area contributed by atoms with Gasteiger partial charge >= 0.3 is 0 Å². The Hall–Kier alpha value is -1.63. The summed E-state index contributed by atoms with van der Waals surface area (Å²) in [5, 5.41) is 2.65. The maximum Gasteiger partial charge on any atom is 0.135 e. The molecule has 0 bridgehead atoms. The molecule has 1 aliphatic carbocycles. The number of carbonyl (C=O) groups is 1. The van der Waals surface area contributed by atoms with Crippen molar-refractivity contribution in [3.63, 3.8) is 0 Å². The topological polar surface area (TPSA) is 17.1 Å². The summed E-state index contributed by atoms with van der Waals surface area (Å²) in [5.74, 6) is 0.805. The molecule has 104 valence electrons. The van der Waals surface area contributed by atoms with Crippen molar-refractivity contribution >= 4 is 16.6 Å². The molecule has 1 aliphatic rings. The average molecular weight is 266 g/mol. The van der Waals surface area contributed by atoms with Crippen LogP contribution in [0.3, 0.4) is 0 Å². The van der Waals surface area contributed by atoms with E-state index in [1.165, 1.54) is 29.2 Å². The fourth-order valence-electron chi connectivity index (χ4n) is 3.38. The molecule has 2 aromatic carbocycles. The normalized spacial score (nSPS) is 20.0. The van der Waals surface area contributed by atoms with Crippen LogP contribution in [0.15, 0.2) is 42.5 Å². The molecule has 0 N–H and O–H groups in total. The SMILES string of the molecule is O=C1CCCCCC1CCc1cccc2ccccc12. The molecular formula is C19H22O. The van der Waals surface area contributed by atoms with Gasteiger partial charge in [0.15, 0.2) is 0 Å². The lowest BCUT2D eigenvalue weighted by molar-refractivity contribution is -0.122. The second-order valence-electron chi connectivity index (χ2n) is 5.94. The quantitative estimate of drug-likeness (QED) is 0.720. The first-order valence-corrected chi connectivity index (χ1v) is 7.84. The van der Waals surface area contributed by atoms with Gasteiger partial charge in [0, 0.05) is 12.3 Å². The zero-order valence-electron chi connectivity index (χ0n) is 12.0. The predicted octanol–water partition coefficient (Wildman–Crippen LogP) is 4.92. The van der Waals surface area contributed by atoms with E-state index in [1.807, 2.05) is 0 Å². The van der Waals surface area contributed by atoms with Crippen molar-refractivity contribution in [2.45, 2.75) is 44.9 Å². The molecule has 0 heterocycles. The minimum Gasteiger partial charge on any atom is -0.299 e. The summed E-state index contributed by atoms with van der Waals surface area (Å²) in [6.07, 6.45) is 7.51. The van der Waals surface area contributed by atoms with E-state index in [1.54, 1.807) is 0 Å². The summed E-state index contributed by atoms with van der Waals surface area (Å²) >= 11 is 0. The third-order valence-electron chi connectivity index (χ3n) is 4.57. The molecule has 0 spiro atoms. The van der Waals surface area contributed by atoms with E-state index >= 15 is 0 Å². The minimum atomic E-state index is 0.302. The molecule has 1 heteroatoms. The van der Waals surface area contributed by atoms with E-state index in [0.29, 0.717) is 11.7 Å². The van der Waals surface area contributed by atoms with Crippen LogP contribution in [0.5, 0.6) is 0 Å². The van der Waals surface area contributed by atoms with Crippen LogP contribution in [0.1, 0.15) is 44.1 Å². The van der Waals surface area contributed by atoms with Gasteiger partial charge in [-0.2, -0.15) is 0 Å². The number of carbonyl (C=O) groups excluding carboxylic acids is 1. The molecule has 0 aliphatic heterocycles.